The van der Waals surface area contributed by atoms with E-state index in [2.05, 4.69) is 17.5 Å². The first-order valence-electron chi connectivity index (χ1n) is 6.99. The number of nitrogens with zero attached hydrogens (tertiary/aromatic N) is 1. The van der Waals surface area contributed by atoms with Crippen molar-refractivity contribution in [1.82, 2.24) is 5.32 Å². The quantitative estimate of drug-likeness (QED) is 0.858. The largest absolute Gasteiger partial charge is 0.354 e. The lowest BCUT2D eigenvalue weighted by molar-refractivity contribution is -0.128. The molecule has 0 spiro atoms. The van der Waals surface area contributed by atoms with Gasteiger partial charge in [0.05, 0.1) is 6.07 Å². The van der Waals surface area contributed by atoms with Crippen LogP contribution in [0.3, 0.4) is 0 Å². The van der Waals surface area contributed by atoms with Crippen LogP contribution in [0.2, 0.25) is 0 Å². The molecule has 0 aliphatic heterocycles. The van der Waals surface area contributed by atoms with E-state index >= 15 is 0 Å². The number of nitrogens with one attached hydrogen (secondary N) is 1. The maximum Gasteiger partial charge on any atom is 0.240 e. The van der Waals surface area contributed by atoms with Crippen molar-refractivity contribution in [2.24, 2.45) is 5.41 Å². The van der Waals surface area contributed by atoms with Gasteiger partial charge in [0.2, 0.25) is 5.91 Å². The van der Waals surface area contributed by atoms with Crippen molar-refractivity contribution >= 4 is 17.2 Å². The van der Waals surface area contributed by atoms with Gasteiger partial charge in [-0.05, 0) is 30.7 Å². The molecule has 1 aliphatic carbocycles. The first-order chi connectivity index (χ1) is 9.27. The molecule has 1 N–H and O–H groups in total. The highest BCUT2D eigenvalue weighted by atomic mass is 32.1. The van der Waals surface area contributed by atoms with Crippen molar-refractivity contribution in [3.8, 4) is 6.07 Å². The summed E-state index contributed by atoms with van der Waals surface area (Å²) in [5.41, 5.74) is -0.772. The lowest BCUT2D eigenvalue weighted by Crippen LogP contribution is -2.40. The Labute approximate surface area is 118 Å². The summed E-state index contributed by atoms with van der Waals surface area (Å²) in [6.07, 6.45) is 6.56. The predicted octanol–water partition coefficient (Wildman–Crippen LogP) is 3.27. The zero-order valence-electron chi connectivity index (χ0n) is 11.2. The molecule has 1 aliphatic rings. The standard InChI is InChI=1S/C15H20N2OS/c16-12-15(8-3-1-2-4-9-15)14(18)17-10-7-13-6-5-11-19-13/h5-6,11H,1-4,7-10H2,(H,17,18). The molecular weight excluding hydrogens is 256 g/mol. The Morgan fingerprint density at radius 2 is 2.11 bits per heavy atom. The van der Waals surface area contributed by atoms with Gasteiger partial charge in [0.25, 0.3) is 0 Å². The van der Waals surface area contributed by atoms with Crippen LogP contribution in [-0.2, 0) is 11.2 Å². The Bertz CT molecular complexity index is 439. The summed E-state index contributed by atoms with van der Waals surface area (Å²) in [7, 11) is 0. The van der Waals surface area contributed by atoms with E-state index < -0.39 is 5.41 Å². The fraction of sp³-hybridized carbons (Fsp3) is 0.600. The van der Waals surface area contributed by atoms with Crippen LogP contribution in [0.15, 0.2) is 17.5 Å². The number of carbonyl (C=O) groups is 1. The van der Waals surface area contributed by atoms with Gasteiger partial charge >= 0.3 is 0 Å². The molecule has 3 nitrogen and oxygen atoms in total. The van der Waals surface area contributed by atoms with Gasteiger partial charge in [-0.25, -0.2) is 0 Å². The van der Waals surface area contributed by atoms with E-state index in [0.29, 0.717) is 19.4 Å². The Balaban J connectivity index is 1.87. The lowest BCUT2D eigenvalue weighted by Gasteiger charge is -2.23. The van der Waals surface area contributed by atoms with Crippen molar-refractivity contribution in [2.45, 2.75) is 44.9 Å². The molecule has 102 valence electrons. The van der Waals surface area contributed by atoms with Crippen LogP contribution in [0, 0.1) is 16.7 Å². The van der Waals surface area contributed by atoms with Crippen molar-refractivity contribution < 1.29 is 4.79 Å². The Morgan fingerprint density at radius 1 is 1.37 bits per heavy atom. The molecule has 1 amide bonds. The molecule has 0 bridgehead atoms. The number of nitriles is 1. The minimum absolute atomic E-state index is 0.0616. The summed E-state index contributed by atoms with van der Waals surface area (Å²) in [6.45, 7) is 0.628. The van der Waals surface area contributed by atoms with Gasteiger partial charge in [-0.1, -0.05) is 31.7 Å². The highest BCUT2D eigenvalue weighted by Crippen LogP contribution is 2.34. The Morgan fingerprint density at radius 3 is 2.68 bits per heavy atom. The number of amides is 1. The van der Waals surface area contributed by atoms with Crippen LogP contribution in [0.1, 0.15) is 43.4 Å². The van der Waals surface area contributed by atoms with E-state index in [1.807, 2.05) is 11.4 Å². The molecule has 0 atom stereocenters. The summed E-state index contributed by atoms with van der Waals surface area (Å²) < 4.78 is 0. The number of hydrogen-bond acceptors (Lipinski definition) is 3. The third-order valence-electron chi connectivity index (χ3n) is 3.84. The Hall–Kier alpha value is -1.34. The highest BCUT2D eigenvalue weighted by molar-refractivity contribution is 7.09. The van der Waals surface area contributed by atoms with Gasteiger partial charge in [0.15, 0.2) is 0 Å². The average Bonchev–Trinajstić information content (AvgIpc) is 2.82. The van der Waals surface area contributed by atoms with Crippen LogP contribution in [0.5, 0.6) is 0 Å². The van der Waals surface area contributed by atoms with Crippen LogP contribution in [0.25, 0.3) is 0 Å². The molecule has 4 heteroatoms. The number of hydrogen-bond donors (Lipinski definition) is 1. The second kappa shape index (κ2) is 6.72. The maximum absolute atomic E-state index is 12.3. The number of rotatable bonds is 4. The SMILES string of the molecule is N#CC1(C(=O)NCCc2cccs2)CCCCCC1. The van der Waals surface area contributed by atoms with Gasteiger partial charge < -0.3 is 5.32 Å². The van der Waals surface area contributed by atoms with Crippen LogP contribution in [0.4, 0.5) is 0 Å². The summed E-state index contributed by atoms with van der Waals surface area (Å²) in [6, 6.07) is 6.38. The Kier molecular flexibility index (Phi) is 4.98. The van der Waals surface area contributed by atoms with Crippen LogP contribution >= 0.6 is 11.3 Å². The van der Waals surface area contributed by atoms with E-state index in [-0.39, 0.29) is 5.91 Å². The zero-order valence-corrected chi connectivity index (χ0v) is 12.0. The molecule has 2 rings (SSSR count). The van der Waals surface area contributed by atoms with Crippen molar-refractivity contribution in [1.29, 1.82) is 5.26 Å². The molecule has 0 radical (unpaired) electrons. The molecule has 1 aromatic heterocycles. The first kappa shape index (κ1) is 14.1. The molecule has 1 aromatic rings. The van der Waals surface area contributed by atoms with Gasteiger partial charge in [0.1, 0.15) is 5.41 Å². The molecule has 19 heavy (non-hydrogen) atoms. The van der Waals surface area contributed by atoms with E-state index in [4.69, 9.17) is 0 Å². The molecule has 1 fully saturated rings. The first-order valence-corrected chi connectivity index (χ1v) is 7.87. The van der Waals surface area contributed by atoms with Gasteiger partial charge in [-0.15, -0.1) is 11.3 Å². The summed E-state index contributed by atoms with van der Waals surface area (Å²) in [4.78, 5) is 13.6. The number of carbonyl (C=O) groups excluding carboxylic acids is 1. The second-order valence-electron chi connectivity index (χ2n) is 5.19. The van der Waals surface area contributed by atoms with Crippen molar-refractivity contribution in [2.75, 3.05) is 6.54 Å². The van der Waals surface area contributed by atoms with E-state index in [9.17, 15) is 10.1 Å². The highest BCUT2D eigenvalue weighted by Gasteiger charge is 2.38. The van der Waals surface area contributed by atoms with E-state index in [1.54, 1.807) is 11.3 Å². The van der Waals surface area contributed by atoms with E-state index in [1.165, 1.54) is 4.88 Å². The van der Waals surface area contributed by atoms with Gasteiger partial charge in [-0.2, -0.15) is 5.26 Å². The topological polar surface area (TPSA) is 52.9 Å². The fourth-order valence-corrected chi connectivity index (χ4v) is 3.35. The van der Waals surface area contributed by atoms with Crippen molar-refractivity contribution in [3.05, 3.63) is 22.4 Å². The fourth-order valence-electron chi connectivity index (χ4n) is 2.65. The third kappa shape index (κ3) is 3.57. The molecule has 1 heterocycles. The second-order valence-corrected chi connectivity index (χ2v) is 6.23. The van der Waals surface area contributed by atoms with Gasteiger partial charge in [-0.3, -0.25) is 4.79 Å². The molecule has 0 saturated heterocycles. The smallest absolute Gasteiger partial charge is 0.240 e. The molecule has 1 saturated carbocycles. The summed E-state index contributed by atoms with van der Waals surface area (Å²) in [5.74, 6) is -0.0616. The maximum atomic E-state index is 12.3. The minimum Gasteiger partial charge on any atom is -0.354 e. The average molecular weight is 276 g/mol. The predicted molar refractivity (Wildman–Crippen MR) is 76.8 cm³/mol. The van der Waals surface area contributed by atoms with Gasteiger partial charge in [0, 0.05) is 11.4 Å². The summed E-state index contributed by atoms with van der Waals surface area (Å²) >= 11 is 1.70. The number of thiophene rings is 1. The van der Waals surface area contributed by atoms with Crippen LogP contribution < -0.4 is 5.32 Å². The van der Waals surface area contributed by atoms with E-state index in [0.717, 1.165) is 32.1 Å². The molecular formula is C15H20N2OS. The third-order valence-corrected chi connectivity index (χ3v) is 4.78. The normalized spacial score (nSPS) is 18.3. The lowest BCUT2D eigenvalue weighted by atomic mass is 9.81. The van der Waals surface area contributed by atoms with Crippen LogP contribution in [-0.4, -0.2) is 12.5 Å². The summed E-state index contributed by atoms with van der Waals surface area (Å²) in [5, 5.41) is 14.4. The van der Waals surface area contributed by atoms with Crippen molar-refractivity contribution in [3.63, 3.8) is 0 Å². The minimum atomic E-state index is -0.772. The zero-order chi connectivity index (χ0) is 13.6. The molecule has 0 aromatic carbocycles. The monoisotopic (exact) mass is 276 g/mol. The molecule has 0 unspecified atom stereocenters.